The van der Waals surface area contributed by atoms with Crippen LogP contribution in [0.1, 0.15) is 41.3 Å². The van der Waals surface area contributed by atoms with Crippen molar-refractivity contribution in [2.75, 3.05) is 0 Å². The Morgan fingerprint density at radius 1 is 1.10 bits per heavy atom. The van der Waals surface area contributed by atoms with Gasteiger partial charge in [0.25, 0.3) is 0 Å². The van der Waals surface area contributed by atoms with Gasteiger partial charge in [0.2, 0.25) is 5.91 Å². The minimum Gasteiger partial charge on any atom is -0.366 e. The zero-order chi connectivity index (χ0) is 14.5. The van der Waals surface area contributed by atoms with Crippen LogP contribution in [0.25, 0.3) is 11.1 Å². The molecule has 2 N–H and O–H groups in total. The summed E-state index contributed by atoms with van der Waals surface area (Å²) in [5.41, 5.74) is 10.7. The van der Waals surface area contributed by atoms with Crippen LogP contribution >= 0.6 is 0 Å². The molecule has 2 heteroatoms. The molecule has 0 aliphatic heterocycles. The lowest BCUT2D eigenvalue weighted by molar-refractivity contribution is 0.100. The normalized spacial score (nSPS) is 10.5. The van der Waals surface area contributed by atoms with Crippen molar-refractivity contribution in [1.29, 1.82) is 0 Å². The molecule has 1 amide bonds. The smallest absolute Gasteiger partial charge is 0.249 e. The molecule has 0 saturated heterocycles. The van der Waals surface area contributed by atoms with Gasteiger partial charge in [0, 0.05) is 5.56 Å². The maximum atomic E-state index is 11.8. The van der Waals surface area contributed by atoms with Crippen LogP contribution in [0.3, 0.4) is 0 Å². The number of benzene rings is 2. The van der Waals surface area contributed by atoms with Crippen molar-refractivity contribution < 1.29 is 4.79 Å². The highest BCUT2D eigenvalue weighted by Gasteiger charge is 2.16. The zero-order valence-corrected chi connectivity index (χ0v) is 12.1. The summed E-state index contributed by atoms with van der Waals surface area (Å²) in [4.78, 5) is 11.8. The highest BCUT2D eigenvalue weighted by Crippen LogP contribution is 2.31. The molecule has 2 aromatic carbocycles. The van der Waals surface area contributed by atoms with E-state index < -0.39 is 0 Å². The fourth-order valence-corrected chi connectivity index (χ4v) is 2.57. The van der Waals surface area contributed by atoms with E-state index in [1.807, 2.05) is 42.5 Å². The first kappa shape index (κ1) is 14.3. The molecule has 0 unspecified atom stereocenters. The number of hydrogen-bond acceptors (Lipinski definition) is 1. The number of nitrogens with two attached hydrogens (primary N) is 1. The molecule has 0 saturated carbocycles. The van der Waals surface area contributed by atoms with Crippen LogP contribution < -0.4 is 5.73 Å². The predicted molar refractivity (Wildman–Crippen MR) is 83.7 cm³/mol. The van der Waals surface area contributed by atoms with Gasteiger partial charge in [-0.05, 0) is 48.1 Å². The lowest BCUT2D eigenvalue weighted by atomic mass is 9.88. The Hall–Kier alpha value is -2.09. The Morgan fingerprint density at radius 3 is 2.40 bits per heavy atom. The number of carbonyl (C=O) groups is 1. The number of carbonyl (C=O) groups excluding carboxylic acids is 1. The monoisotopic (exact) mass is 267 g/mol. The molecule has 0 bridgehead atoms. The second-order valence-corrected chi connectivity index (χ2v) is 5.12. The van der Waals surface area contributed by atoms with Crippen LogP contribution in [0.5, 0.6) is 0 Å². The third-order valence-corrected chi connectivity index (χ3v) is 3.66. The number of primary amides is 1. The first-order valence-electron chi connectivity index (χ1n) is 7.12. The fraction of sp³-hybridized carbons (Fsp3) is 0.278. The summed E-state index contributed by atoms with van der Waals surface area (Å²) in [6, 6.07) is 13.9. The lowest BCUT2D eigenvalue weighted by Gasteiger charge is -2.16. The van der Waals surface area contributed by atoms with E-state index in [-0.39, 0.29) is 5.91 Å². The highest BCUT2D eigenvalue weighted by atomic mass is 16.1. The number of unbranched alkanes of at least 4 members (excludes halogenated alkanes) is 1. The zero-order valence-electron chi connectivity index (χ0n) is 12.1. The topological polar surface area (TPSA) is 43.1 Å². The quantitative estimate of drug-likeness (QED) is 0.870. The third kappa shape index (κ3) is 2.90. The maximum Gasteiger partial charge on any atom is 0.249 e. The number of amides is 1. The van der Waals surface area contributed by atoms with Gasteiger partial charge in [-0.2, -0.15) is 0 Å². The summed E-state index contributed by atoms with van der Waals surface area (Å²) < 4.78 is 0. The van der Waals surface area contributed by atoms with Crippen molar-refractivity contribution in [1.82, 2.24) is 0 Å². The fourth-order valence-electron chi connectivity index (χ4n) is 2.57. The molecule has 0 aliphatic carbocycles. The third-order valence-electron chi connectivity index (χ3n) is 3.66. The largest absolute Gasteiger partial charge is 0.366 e. The van der Waals surface area contributed by atoms with E-state index >= 15 is 0 Å². The van der Waals surface area contributed by atoms with Crippen LogP contribution in [0.4, 0.5) is 0 Å². The van der Waals surface area contributed by atoms with E-state index in [1.165, 1.54) is 11.1 Å². The Bertz CT molecular complexity index is 602. The van der Waals surface area contributed by atoms with Crippen molar-refractivity contribution in [3.05, 3.63) is 59.2 Å². The van der Waals surface area contributed by atoms with Crippen molar-refractivity contribution >= 4 is 5.91 Å². The van der Waals surface area contributed by atoms with Crippen molar-refractivity contribution in [3.63, 3.8) is 0 Å². The van der Waals surface area contributed by atoms with Gasteiger partial charge in [-0.1, -0.05) is 49.7 Å². The van der Waals surface area contributed by atoms with Crippen LogP contribution in [-0.4, -0.2) is 5.91 Å². The summed E-state index contributed by atoms with van der Waals surface area (Å²) >= 11 is 0. The molecule has 2 aromatic rings. The molecule has 0 spiro atoms. The van der Waals surface area contributed by atoms with Crippen LogP contribution in [-0.2, 0) is 6.42 Å². The Morgan fingerprint density at radius 2 is 1.80 bits per heavy atom. The predicted octanol–water partition coefficient (Wildman–Crippen LogP) is 4.10. The van der Waals surface area contributed by atoms with Gasteiger partial charge in [-0.3, -0.25) is 4.79 Å². The Kier molecular flexibility index (Phi) is 4.57. The first-order chi connectivity index (χ1) is 9.65. The van der Waals surface area contributed by atoms with Crippen LogP contribution in [0, 0.1) is 6.92 Å². The Balaban J connectivity index is 2.65. The molecule has 0 atom stereocenters. The molecule has 0 aliphatic rings. The minimum absolute atomic E-state index is 0.360. The average molecular weight is 267 g/mol. The van der Waals surface area contributed by atoms with E-state index in [2.05, 4.69) is 13.8 Å². The van der Waals surface area contributed by atoms with Crippen LogP contribution in [0.2, 0.25) is 0 Å². The summed E-state index contributed by atoms with van der Waals surface area (Å²) in [6.07, 6.45) is 3.23. The van der Waals surface area contributed by atoms with Gasteiger partial charge in [0.1, 0.15) is 0 Å². The molecule has 0 aromatic heterocycles. The average Bonchev–Trinajstić information content (AvgIpc) is 2.46. The SMILES string of the molecule is CCCCc1c(C)ccc(C(N)=O)c1-c1ccccc1. The highest BCUT2D eigenvalue weighted by molar-refractivity contribution is 6.01. The van der Waals surface area contributed by atoms with Crippen molar-refractivity contribution in [2.45, 2.75) is 33.1 Å². The molecule has 2 nitrogen and oxygen atoms in total. The summed E-state index contributed by atoms with van der Waals surface area (Å²) in [6.45, 7) is 4.28. The van der Waals surface area contributed by atoms with E-state index in [0.29, 0.717) is 5.56 Å². The molecule has 0 fully saturated rings. The molecule has 0 radical (unpaired) electrons. The van der Waals surface area contributed by atoms with Gasteiger partial charge < -0.3 is 5.73 Å². The van der Waals surface area contributed by atoms with Gasteiger partial charge in [0.15, 0.2) is 0 Å². The lowest BCUT2D eigenvalue weighted by Crippen LogP contribution is -2.14. The van der Waals surface area contributed by atoms with E-state index in [0.717, 1.165) is 30.4 Å². The maximum absolute atomic E-state index is 11.8. The molecule has 104 valence electrons. The van der Waals surface area contributed by atoms with Crippen molar-refractivity contribution in [2.24, 2.45) is 5.73 Å². The second kappa shape index (κ2) is 6.38. The van der Waals surface area contributed by atoms with Gasteiger partial charge in [0.05, 0.1) is 0 Å². The van der Waals surface area contributed by atoms with Crippen molar-refractivity contribution in [3.8, 4) is 11.1 Å². The molecule has 20 heavy (non-hydrogen) atoms. The molecular formula is C18H21NO. The summed E-state index contributed by atoms with van der Waals surface area (Å²) in [5.74, 6) is -0.360. The summed E-state index contributed by atoms with van der Waals surface area (Å²) in [7, 11) is 0. The van der Waals surface area contributed by atoms with E-state index in [1.54, 1.807) is 0 Å². The Labute approximate surface area is 120 Å². The number of hydrogen-bond donors (Lipinski definition) is 1. The van der Waals surface area contributed by atoms with E-state index in [9.17, 15) is 4.79 Å². The number of aryl methyl sites for hydroxylation is 1. The minimum atomic E-state index is -0.360. The van der Waals surface area contributed by atoms with Crippen LogP contribution in [0.15, 0.2) is 42.5 Å². The standard InChI is InChI=1S/C18H21NO/c1-3-4-10-15-13(2)11-12-16(18(19)20)17(15)14-8-6-5-7-9-14/h5-9,11-12H,3-4,10H2,1-2H3,(H2,19,20). The van der Waals surface area contributed by atoms with Gasteiger partial charge >= 0.3 is 0 Å². The van der Waals surface area contributed by atoms with Gasteiger partial charge in [-0.25, -0.2) is 0 Å². The van der Waals surface area contributed by atoms with Gasteiger partial charge in [-0.15, -0.1) is 0 Å². The first-order valence-corrected chi connectivity index (χ1v) is 7.12. The molecule has 2 rings (SSSR count). The summed E-state index contributed by atoms with van der Waals surface area (Å²) in [5, 5.41) is 0. The number of rotatable bonds is 5. The molecular weight excluding hydrogens is 246 g/mol. The molecule has 0 heterocycles. The second-order valence-electron chi connectivity index (χ2n) is 5.12. The van der Waals surface area contributed by atoms with E-state index in [4.69, 9.17) is 5.73 Å².